The van der Waals surface area contributed by atoms with E-state index in [1.807, 2.05) is 44.2 Å². The second kappa shape index (κ2) is 9.40. The molecule has 1 saturated heterocycles. The number of fused-ring (bicyclic) bond motifs is 1. The van der Waals surface area contributed by atoms with E-state index < -0.39 is 0 Å². The van der Waals surface area contributed by atoms with Gasteiger partial charge in [-0.2, -0.15) is 4.98 Å². The highest BCUT2D eigenvalue weighted by Crippen LogP contribution is 2.31. The molecule has 3 heterocycles. The first-order chi connectivity index (χ1) is 14.9. The van der Waals surface area contributed by atoms with Crippen LogP contribution >= 0.6 is 23.1 Å². The lowest BCUT2D eigenvalue weighted by atomic mass is 10.00. The summed E-state index contributed by atoms with van der Waals surface area (Å²) < 4.78 is 2.25. The highest BCUT2D eigenvalue weighted by atomic mass is 32.2. The number of carbonyl (C=O) groups is 1. The number of benzene rings is 1. The van der Waals surface area contributed by atoms with Gasteiger partial charge in [0.25, 0.3) is 5.56 Å². The number of carbonyl (C=O) groups excluding carboxylic acids is 1. The molecule has 0 aliphatic carbocycles. The maximum absolute atomic E-state index is 13.2. The number of hydrogen-bond acceptors (Lipinski definition) is 7. The Morgan fingerprint density at radius 1 is 1.23 bits per heavy atom. The molecule has 3 aromatic rings. The van der Waals surface area contributed by atoms with Gasteiger partial charge in [-0.15, -0.1) is 0 Å². The molecule has 1 fully saturated rings. The van der Waals surface area contributed by atoms with Crippen molar-refractivity contribution < 1.29 is 4.79 Å². The minimum Gasteiger partial charge on any atom is -0.348 e. The van der Waals surface area contributed by atoms with Gasteiger partial charge >= 0.3 is 0 Å². The molecule has 0 atom stereocenters. The van der Waals surface area contributed by atoms with Gasteiger partial charge in [0, 0.05) is 24.8 Å². The van der Waals surface area contributed by atoms with E-state index in [9.17, 15) is 9.59 Å². The van der Waals surface area contributed by atoms with Gasteiger partial charge in [-0.3, -0.25) is 14.2 Å². The fourth-order valence-electron chi connectivity index (χ4n) is 3.60. The molecule has 0 radical (unpaired) electrons. The van der Waals surface area contributed by atoms with Crippen LogP contribution in [0.4, 0.5) is 10.8 Å². The summed E-state index contributed by atoms with van der Waals surface area (Å²) in [4.78, 5) is 37.2. The zero-order valence-corrected chi connectivity index (χ0v) is 19.6. The molecule has 1 aliphatic rings. The van der Waals surface area contributed by atoms with Gasteiger partial charge in [0.2, 0.25) is 5.91 Å². The second-order valence-corrected chi connectivity index (χ2v) is 10.1. The number of amides is 1. The molecule has 2 aromatic heterocycles. The number of hydrogen-bond donors (Lipinski definition) is 1. The molecule has 31 heavy (non-hydrogen) atoms. The number of thiazole rings is 1. The van der Waals surface area contributed by atoms with E-state index >= 15 is 0 Å². The lowest BCUT2D eigenvalue weighted by molar-refractivity contribution is -0.113. The summed E-state index contributed by atoms with van der Waals surface area (Å²) in [5.41, 5.74) is 1.14. The number of aromatic nitrogens is 3. The lowest BCUT2D eigenvalue weighted by Crippen LogP contribution is -2.32. The molecule has 0 spiro atoms. The van der Waals surface area contributed by atoms with Gasteiger partial charge in [-0.25, -0.2) is 4.98 Å². The Balaban J connectivity index is 1.57. The highest BCUT2D eigenvalue weighted by molar-refractivity contribution is 7.99. The smallest absolute Gasteiger partial charge is 0.274 e. The number of nitrogens with one attached hydrogen (secondary N) is 1. The number of thioether (sulfide) groups is 1. The van der Waals surface area contributed by atoms with E-state index in [0.717, 1.165) is 42.7 Å². The molecule has 0 bridgehead atoms. The Labute approximate surface area is 189 Å². The molecule has 0 saturated carbocycles. The van der Waals surface area contributed by atoms with Crippen molar-refractivity contribution in [1.82, 2.24) is 14.5 Å². The highest BCUT2D eigenvalue weighted by Gasteiger charge is 2.23. The third-order valence-corrected chi connectivity index (χ3v) is 7.43. The topological polar surface area (TPSA) is 80.1 Å². The summed E-state index contributed by atoms with van der Waals surface area (Å²) in [7, 11) is 0. The van der Waals surface area contributed by atoms with Crippen LogP contribution in [0.1, 0.15) is 39.7 Å². The van der Waals surface area contributed by atoms with Gasteiger partial charge < -0.3 is 10.2 Å². The predicted molar refractivity (Wildman–Crippen MR) is 128 cm³/mol. The van der Waals surface area contributed by atoms with Crippen LogP contribution in [0.5, 0.6) is 0 Å². The van der Waals surface area contributed by atoms with Crippen LogP contribution in [0, 0.1) is 5.92 Å². The summed E-state index contributed by atoms with van der Waals surface area (Å²) in [6.07, 6.45) is 2.27. The van der Waals surface area contributed by atoms with Crippen LogP contribution in [0.25, 0.3) is 10.3 Å². The molecule has 1 amide bonds. The average molecular weight is 458 g/mol. The van der Waals surface area contributed by atoms with E-state index in [4.69, 9.17) is 0 Å². The largest absolute Gasteiger partial charge is 0.348 e. The van der Waals surface area contributed by atoms with Gasteiger partial charge in [0.15, 0.2) is 15.9 Å². The maximum Gasteiger partial charge on any atom is 0.274 e. The lowest BCUT2D eigenvalue weighted by Gasteiger charge is -2.29. The van der Waals surface area contributed by atoms with E-state index in [1.165, 1.54) is 23.1 Å². The summed E-state index contributed by atoms with van der Waals surface area (Å²) in [6.45, 7) is 8.10. The average Bonchev–Trinajstić information content (AvgIpc) is 3.18. The number of piperidine rings is 1. The number of rotatable bonds is 6. The summed E-state index contributed by atoms with van der Waals surface area (Å²) >= 11 is 2.70. The Hall–Kier alpha value is -2.39. The second-order valence-electron chi connectivity index (χ2n) is 8.18. The van der Waals surface area contributed by atoms with Gasteiger partial charge in [-0.1, -0.05) is 48.2 Å². The van der Waals surface area contributed by atoms with Crippen molar-refractivity contribution >= 4 is 50.2 Å². The molecule has 7 nitrogen and oxygen atoms in total. The summed E-state index contributed by atoms with van der Waals surface area (Å²) in [6, 6.07) is 9.27. The zero-order chi connectivity index (χ0) is 22.0. The Morgan fingerprint density at radius 3 is 2.61 bits per heavy atom. The van der Waals surface area contributed by atoms with E-state index in [1.54, 1.807) is 4.57 Å². The molecule has 164 valence electrons. The Morgan fingerprint density at radius 2 is 1.94 bits per heavy atom. The fourth-order valence-corrected chi connectivity index (χ4v) is 5.51. The summed E-state index contributed by atoms with van der Waals surface area (Å²) in [5.74, 6) is 0.759. The van der Waals surface area contributed by atoms with Crippen molar-refractivity contribution in [1.29, 1.82) is 0 Å². The molecule has 0 unspecified atom stereocenters. The summed E-state index contributed by atoms with van der Waals surface area (Å²) in [5, 5.41) is 4.26. The van der Waals surface area contributed by atoms with Crippen LogP contribution in [-0.4, -0.2) is 39.3 Å². The molecular formula is C22H27N5O2S2. The maximum atomic E-state index is 13.2. The molecule has 1 N–H and O–H groups in total. The van der Waals surface area contributed by atoms with Crippen LogP contribution < -0.4 is 15.8 Å². The molecule has 4 rings (SSSR count). The van der Waals surface area contributed by atoms with Crippen molar-refractivity contribution in [2.24, 2.45) is 5.92 Å². The van der Waals surface area contributed by atoms with Crippen LogP contribution in [-0.2, 0) is 4.79 Å². The monoisotopic (exact) mass is 457 g/mol. The first-order valence-corrected chi connectivity index (χ1v) is 12.4. The first kappa shape index (κ1) is 21.8. The van der Waals surface area contributed by atoms with E-state index in [-0.39, 0.29) is 23.3 Å². The van der Waals surface area contributed by atoms with E-state index in [0.29, 0.717) is 15.5 Å². The minimum atomic E-state index is -0.137. The van der Waals surface area contributed by atoms with Crippen molar-refractivity contribution in [3.8, 4) is 0 Å². The molecular weight excluding hydrogens is 430 g/mol. The third-order valence-electron chi connectivity index (χ3n) is 5.38. The molecule has 1 aliphatic heterocycles. The third kappa shape index (κ3) is 4.93. The zero-order valence-electron chi connectivity index (χ0n) is 18.0. The van der Waals surface area contributed by atoms with Gasteiger partial charge in [0.05, 0.1) is 5.75 Å². The van der Waals surface area contributed by atoms with Crippen LogP contribution in [0.15, 0.2) is 40.3 Å². The normalized spacial score (nSPS) is 15.0. The standard InChI is InChI=1S/C22H27N5O2S2/c1-14(2)27-20(29)18-19(24-21(31-18)26-11-9-15(3)10-12-26)25-22(27)30-13-17(28)23-16-7-5-4-6-8-16/h4-8,14-15H,9-13H2,1-3H3,(H,23,28). The Kier molecular flexibility index (Phi) is 6.62. The fraction of sp³-hybridized carbons (Fsp3) is 0.455. The minimum absolute atomic E-state index is 0.0644. The van der Waals surface area contributed by atoms with Crippen LogP contribution in [0.2, 0.25) is 0 Å². The van der Waals surface area contributed by atoms with Crippen molar-refractivity contribution in [2.45, 2.75) is 44.8 Å². The SMILES string of the molecule is CC1CCN(c2nc3nc(SCC(=O)Nc4ccccc4)n(C(C)C)c(=O)c3s2)CC1. The number of anilines is 2. The Bertz CT molecular complexity index is 1120. The molecule has 9 heteroatoms. The quantitative estimate of drug-likeness (QED) is 0.436. The van der Waals surface area contributed by atoms with Crippen molar-refractivity contribution in [3.63, 3.8) is 0 Å². The first-order valence-electron chi connectivity index (χ1n) is 10.6. The van der Waals surface area contributed by atoms with Crippen molar-refractivity contribution in [2.75, 3.05) is 29.1 Å². The number of nitrogens with zero attached hydrogens (tertiary/aromatic N) is 4. The van der Waals surface area contributed by atoms with Gasteiger partial charge in [0.1, 0.15) is 4.70 Å². The predicted octanol–water partition coefficient (Wildman–Crippen LogP) is 4.40. The number of para-hydroxylation sites is 1. The van der Waals surface area contributed by atoms with E-state index in [2.05, 4.69) is 27.1 Å². The van der Waals surface area contributed by atoms with Crippen molar-refractivity contribution in [3.05, 3.63) is 40.7 Å². The van der Waals surface area contributed by atoms with Gasteiger partial charge in [-0.05, 0) is 44.7 Å². The van der Waals surface area contributed by atoms with Crippen LogP contribution in [0.3, 0.4) is 0 Å². The molecule has 1 aromatic carbocycles.